The predicted molar refractivity (Wildman–Crippen MR) is 122 cm³/mol. The van der Waals surface area contributed by atoms with Crippen LogP contribution in [0.25, 0.3) is 11.0 Å². The minimum absolute atomic E-state index is 0.138. The molecule has 0 fully saturated rings. The van der Waals surface area contributed by atoms with Crippen LogP contribution in [0.5, 0.6) is 0 Å². The van der Waals surface area contributed by atoms with Crippen LogP contribution in [0.1, 0.15) is 34.1 Å². The minimum atomic E-state index is -0.467. The van der Waals surface area contributed by atoms with Gasteiger partial charge in [-0.05, 0) is 69.2 Å². The standard InChI is InChI=1S/C23H23ClN2O3S/c1-25(2)11-4-12-26-20(14-5-8-16(30-3)9-6-14)19-21(27)17-13-15(24)7-10-18(17)29-22(19)23(26)28/h5-10,13,20H,4,11-12H2,1-3H3. The Labute approximate surface area is 184 Å². The molecule has 0 aliphatic carbocycles. The van der Waals surface area contributed by atoms with Gasteiger partial charge in [0.2, 0.25) is 5.76 Å². The van der Waals surface area contributed by atoms with Crippen LogP contribution < -0.4 is 5.43 Å². The number of carbonyl (C=O) groups is 1. The molecule has 0 N–H and O–H groups in total. The Morgan fingerprint density at radius 2 is 1.87 bits per heavy atom. The zero-order valence-electron chi connectivity index (χ0n) is 17.1. The molecule has 1 aliphatic heterocycles. The molecule has 2 aromatic carbocycles. The summed E-state index contributed by atoms with van der Waals surface area (Å²) in [6.07, 6.45) is 2.81. The van der Waals surface area contributed by atoms with Crippen molar-refractivity contribution in [2.24, 2.45) is 0 Å². The van der Waals surface area contributed by atoms with E-state index in [4.69, 9.17) is 16.0 Å². The molecule has 1 atom stereocenters. The summed E-state index contributed by atoms with van der Waals surface area (Å²) in [4.78, 5) is 31.7. The average Bonchev–Trinajstić information content (AvgIpc) is 3.01. The number of hydrogen-bond acceptors (Lipinski definition) is 5. The molecule has 4 rings (SSSR count). The first-order valence-electron chi connectivity index (χ1n) is 9.76. The van der Waals surface area contributed by atoms with Gasteiger partial charge in [-0.15, -0.1) is 11.8 Å². The first-order chi connectivity index (χ1) is 14.4. The lowest BCUT2D eigenvalue weighted by molar-refractivity contribution is 0.0722. The van der Waals surface area contributed by atoms with Crippen molar-refractivity contribution in [3.05, 3.63) is 74.6 Å². The number of amides is 1. The van der Waals surface area contributed by atoms with E-state index in [9.17, 15) is 9.59 Å². The van der Waals surface area contributed by atoms with Gasteiger partial charge in [0.15, 0.2) is 5.43 Å². The number of benzene rings is 2. The van der Waals surface area contributed by atoms with Crippen LogP contribution >= 0.6 is 23.4 Å². The molecule has 0 radical (unpaired) electrons. The fraction of sp³-hybridized carbons (Fsp3) is 0.304. The smallest absolute Gasteiger partial charge is 0.290 e. The van der Waals surface area contributed by atoms with Crippen molar-refractivity contribution in [1.82, 2.24) is 9.80 Å². The molecule has 1 aliphatic rings. The van der Waals surface area contributed by atoms with Gasteiger partial charge in [0, 0.05) is 16.5 Å². The van der Waals surface area contributed by atoms with Crippen molar-refractivity contribution in [3.63, 3.8) is 0 Å². The number of hydrogen-bond donors (Lipinski definition) is 0. The van der Waals surface area contributed by atoms with E-state index < -0.39 is 6.04 Å². The van der Waals surface area contributed by atoms with Crippen molar-refractivity contribution < 1.29 is 9.21 Å². The Hall–Kier alpha value is -2.28. The highest BCUT2D eigenvalue weighted by Gasteiger charge is 2.42. The maximum Gasteiger partial charge on any atom is 0.290 e. The summed E-state index contributed by atoms with van der Waals surface area (Å²) in [6, 6.07) is 12.4. The molecule has 5 nitrogen and oxygen atoms in total. The molecule has 156 valence electrons. The first-order valence-corrected chi connectivity index (χ1v) is 11.4. The second kappa shape index (κ2) is 8.46. The average molecular weight is 443 g/mol. The minimum Gasteiger partial charge on any atom is -0.450 e. The third-order valence-corrected chi connectivity index (χ3v) is 6.34. The van der Waals surface area contributed by atoms with E-state index in [2.05, 4.69) is 4.90 Å². The van der Waals surface area contributed by atoms with E-state index >= 15 is 0 Å². The number of nitrogens with zero attached hydrogens (tertiary/aromatic N) is 2. The van der Waals surface area contributed by atoms with Crippen LogP contribution in [0.3, 0.4) is 0 Å². The lowest BCUT2D eigenvalue weighted by Crippen LogP contribution is -2.32. The van der Waals surface area contributed by atoms with Gasteiger partial charge in [-0.25, -0.2) is 0 Å². The summed E-state index contributed by atoms with van der Waals surface area (Å²) in [5, 5.41) is 0.859. The third-order valence-electron chi connectivity index (χ3n) is 5.36. The Balaban J connectivity index is 1.86. The van der Waals surface area contributed by atoms with Crippen LogP contribution in [-0.2, 0) is 0 Å². The monoisotopic (exact) mass is 442 g/mol. The topological polar surface area (TPSA) is 53.8 Å². The molecule has 0 spiro atoms. The van der Waals surface area contributed by atoms with Crippen LogP contribution in [0, 0.1) is 0 Å². The SMILES string of the molecule is CSc1ccc(C2c3c(oc4ccc(Cl)cc4c3=O)C(=O)N2CCCN(C)C)cc1. The van der Waals surface area contributed by atoms with E-state index in [0.29, 0.717) is 28.1 Å². The molecule has 0 bridgehead atoms. The van der Waals surface area contributed by atoms with Crippen molar-refractivity contribution >= 4 is 40.2 Å². The van der Waals surface area contributed by atoms with Crippen molar-refractivity contribution in [3.8, 4) is 0 Å². The number of thioether (sulfide) groups is 1. The van der Waals surface area contributed by atoms with Crippen molar-refractivity contribution in [1.29, 1.82) is 0 Å². The van der Waals surface area contributed by atoms with Crippen molar-refractivity contribution in [2.45, 2.75) is 17.4 Å². The van der Waals surface area contributed by atoms with Gasteiger partial charge in [-0.2, -0.15) is 0 Å². The second-order valence-corrected chi connectivity index (χ2v) is 8.96. The van der Waals surface area contributed by atoms with Gasteiger partial charge >= 0.3 is 0 Å². The highest BCUT2D eigenvalue weighted by atomic mass is 35.5. The lowest BCUT2D eigenvalue weighted by Gasteiger charge is -2.26. The molecule has 1 unspecified atom stereocenters. The number of rotatable bonds is 6. The summed E-state index contributed by atoms with van der Waals surface area (Å²) in [5.41, 5.74) is 1.48. The van der Waals surface area contributed by atoms with Gasteiger partial charge < -0.3 is 14.2 Å². The molecule has 0 saturated carbocycles. The summed E-state index contributed by atoms with van der Waals surface area (Å²) in [6.45, 7) is 1.38. The molecule has 3 aromatic rings. The van der Waals surface area contributed by atoms with Crippen LogP contribution in [0.2, 0.25) is 5.02 Å². The van der Waals surface area contributed by atoms with E-state index in [1.54, 1.807) is 34.9 Å². The number of halogens is 1. The van der Waals surface area contributed by atoms with Gasteiger partial charge in [0.1, 0.15) is 5.58 Å². The Bertz CT molecular complexity index is 1160. The molecule has 2 heterocycles. The van der Waals surface area contributed by atoms with Gasteiger partial charge in [-0.1, -0.05) is 23.7 Å². The quantitative estimate of drug-likeness (QED) is 0.519. The van der Waals surface area contributed by atoms with E-state index in [0.717, 1.165) is 23.4 Å². The van der Waals surface area contributed by atoms with E-state index in [1.165, 1.54) is 0 Å². The molecule has 7 heteroatoms. The summed E-state index contributed by atoms with van der Waals surface area (Å²) in [5.74, 6) is -0.102. The predicted octanol–water partition coefficient (Wildman–Crippen LogP) is 4.67. The first kappa shape index (κ1) is 21.0. The highest BCUT2D eigenvalue weighted by Crippen LogP contribution is 2.38. The molecule has 1 aromatic heterocycles. The van der Waals surface area contributed by atoms with E-state index in [1.807, 2.05) is 44.6 Å². The molecule has 1 amide bonds. The molecular formula is C23H23ClN2O3S. The molecule has 0 saturated heterocycles. The maximum absolute atomic E-state index is 13.4. The van der Waals surface area contributed by atoms with Gasteiger partial charge in [0.05, 0.1) is 17.0 Å². The zero-order valence-corrected chi connectivity index (χ0v) is 18.7. The van der Waals surface area contributed by atoms with Crippen LogP contribution in [0.4, 0.5) is 0 Å². The van der Waals surface area contributed by atoms with Gasteiger partial charge in [0.25, 0.3) is 5.91 Å². The summed E-state index contributed by atoms with van der Waals surface area (Å²) >= 11 is 7.77. The van der Waals surface area contributed by atoms with Gasteiger partial charge in [-0.3, -0.25) is 9.59 Å². The van der Waals surface area contributed by atoms with E-state index in [-0.39, 0.29) is 17.1 Å². The Morgan fingerprint density at radius 1 is 1.13 bits per heavy atom. The normalized spacial score (nSPS) is 16.0. The third kappa shape index (κ3) is 3.75. The number of fused-ring (bicyclic) bond motifs is 2. The highest BCUT2D eigenvalue weighted by molar-refractivity contribution is 7.98. The fourth-order valence-corrected chi connectivity index (χ4v) is 4.49. The summed E-state index contributed by atoms with van der Waals surface area (Å²) in [7, 11) is 4.00. The van der Waals surface area contributed by atoms with Crippen LogP contribution in [-0.4, -0.2) is 49.1 Å². The lowest BCUT2D eigenvalue weighted by atomic mass is 9.98. The van der Waals surface area contributed by atoms with Crippen molar-refractivity contribution in [2.75, 3.05) is 33.4 Å². The Kier molecular flexibility index (Phi) is 5.91. The fourth-order valence-electron chi connectivity index (χ4n) is 3.91. The zero-order chi connectivity index (χ0) is 21.4. The molecular weight excluding hydrogens is 420 g/mol. The second-order valence-electron chi connectivity index (χ2n) is 7.65. The molecule has 30 heavy (non-hydrogen) atoms. The largest absolute Gasteiger partial charge is 0.450 e. The number of carbonyl (C=O) groups excluding carboxylic acids is 1. The van der Waals surface area contributed by atoms with Crippen LogP contribution in [0.15, 0.2) is 56.6 Å². The summed E-state index contributed by atoms with van der Waals surface area (Å²) < 4.78 is 5.94. The Morgan fingerprint density at radius 3 is 2.53 bits per heavy atom. The maximum atomic E-state index is 13.4.